The molecular weight excluding hydrogens is 287 g/mol. The number of hydrogen-bond acceptors (Lipinski definition) is 1. The van der Waals surface area contributed by atoms with Crippen molar-refractivity contribution in [3.8, 4) is 0 Å². The second-order valence-electron chi connectivity index (χ2n) is 4.41. The largest absolute Gasteiger partial charge is 0.391 e. The number of nitrogens with one attached hydrogen (secondary N) is 1. The van der Waals surface area contributed by atoms with Gasteiger partial charge in [0, 0.05) is 0 Å². The predicted octanol–water partition coefficient (Wildman–Crippen LogP) is 5.45. The smallest absolute Gasteiger partial charge is 0.377 e. The average Bonchev–Trinajstić information content (AvgIpc) is 2.40. The molecule has 0 aliphatic rings. The van der Waals surface area contributed by atoms with Crippen LogP contribution in [0.3, 0.4) is 0 Å². The van der Waals surface area contributed by atoms with Crippen molar-refractivity contribution in [3.63, 3.8) is 0 Å². The molecule has 0 saturated carbocycles. The van der Waals surface area contributed by atoms with Crippen LogP contribution in [0.1, 0.15) is 18.0 Å². The molecule has 1 unspecified atom stereocenters. The van der Waals surface area contributed by atoms with Gasteiger partial charge in [0.2, 0.25) is 0 Å². The fourth-order valence-corrected chi connectivity index (χ4v) is 2.13. The van der Waals surface area contributed by atoms with Crippen LogP contribution in [0.5, 0.6) is 0 Å². The Morgan fingerprint density at radius 2 is 1.55 bits per heavy atom. The minimum atomic E-state index is -4.26. The molecule has 2 aromatic rings. The fraction of sp³-hybridized carbons (Fsp3) is 0.200. The number of para-hydroxylation sites is 1. The van der Waals surface area contributed by atoms with Crippen LogP contribution in [0, 0.1) is 0 Å². The normalized spacial score (nSPS) is 13.0. The van der Waals surface area contributed by atoms with Crippen molar-refractivity contribution >= 4 is 17.3 Å². The van der Waals surface area contributed by atoms with E-state index in [0.29, 0.717) is 16.3 Å². The molecule has 5 heteroatoms. The van der Waals surface area contributed by atoms with E-state index in [1.807, 2.05) is 0 Å². The summed E-state index contributed by atoms with van der Waals surface area (Å²) in [5, 5.41) is 3.27. The standard InChI is InChI=1S/C15H13ClF3N/c16-12-8-4-5-9-13(12)20-14(10-15(17,18)19)11-6-2-1-3-7-11/h1-9,14,20H,10H2. The van der Waals surface area contributed by atoms with E-state index in [1.54, 1.807) is 54.6 Å². The van der Waals surface area contributed by atoms with Crippen molar-refractivity contribution in [2.24, 2.45) is 0 Å². The molecular formula is C15H13ClF3N. The van der Waals surface area contributed by atoms with E-state index < -0.39 is 18.6 Å². The Hall–Kier alpha value is -1.68. The first-order chi connectivity index (χ1) is 9.46. The monoisotopic (exact) mass is 299 g/mol. The van der Waals surface area contributed by atoms with Gasteiger partial charge in [-0.25, -0.2) is 0 Å². The molecule has 0 saturated heterocycles. The van der Waals surface area contributed by atoms with E-state index in [0.717, 1.165) is 0 Å². The molecule has 0 spiro atoms. The van der Waals surface area contributed by atoms with Gasteiger partial charge in [0.1, 0.15) is 0 Å². The number of halogens is 4. The van der Waals surface area contributed by atoms with Gasteiger partial charge in [0.05, 0.1) is 23.2 Å². The van der Waals surface area contributed by atoms with Crippen molar-refractivity contribution in [2.45, 2.75) is 18.6 Å². The minimum Gasteiger partial charge on any atom is -0.377 e. The Morgan fingerprint density at radius 1 is 0.950 bits per heavy atom. The maximum atomic E-state index is 12.7. The summed E-state index contributed by atoms with van der Waals surface area (Å²) in [5.41, 5.74) is 1.07. The first-order valence-electron chi connectivity index (χ1n) is 6.08. The molecule has 0 radical (unpaired) electrons. The van der Waals surface area contributed by atoms with Gasteiger partial charge >= 0.3 is 6.18 Å². The molecule has 0 heterocycles. The van der Waals surface area contributed by atoms with Gasteiger partial charge in [-0.15, -0.1) is 0 Å². The number of anilines is 1. The lowest BCUT2D eigenvalue weighted by Crippen LogP contribution is -2.20. The van der Waals surface area contributed by atoms with Gasteiger partial charge in [0.15, 0.2) is 0 Å². The Morgan fingerprint density at radius 3 is 2.15 bits per heavy atom. The van der Waals surface area contributed by atoms with Gasteiger partial charge < -0.3 is 5.32 Å². The lowest BCUT2D eigenvalue weighted by molar-refractivity contribution is -0.137. The predicted molar refractivity (Wildman–Crippen MR) is 74.9 cm³/mol. The van der Waals surface area contributed by atoms with Crippen LogP contribution in [0.2, 0.25) is 5.02 Å². The van der Waals surface area contributed by atoms with Crippen molar-refractivity contribution in [3.05, 3.63) is 65.2 Å². The van der Waals surface area contributed by atoms with Crippen molar-refractivity contribution in [2.75, 3.05) is 5.32 Å². The van der Waals surface area contributed by atoms with Crippen LogP contribution in [0.4, 0.5) is 18.9 Å². The zero-order chi connectivity index (χ0) is 14.6. The molecule has 106 valence electrons. The molecule has 0 aromatic heterocycles. The summed E-state index contributed by atoms with van der Waals surface area (Å²) in [5.74, 6) is 0. The molecule has 0 amide bonds. The summed E-state index contributed by atoms with van der Waals surface area (Å²) in [6.45, 7) is 0. The SMILES string of the molecule is FC(F)(F)CC(Nc1ccccc1Cl)c1ccccc1. The van der Waals surface area contributed by atoms with Crippen LogP contribution in [-0.2, 0) is 0 Å². The van der Waals surface area contributed by atoms with Crippen LogP contribution in [0.15, 0.2) is 54.6 Å². The highest BCUT2D eigenvalue weighted by Crippen LogP contribution is 2.33. The molecule has 1 N–H and O–H groups in total. The Kier molecular flexibility index (Phi) is 4.55. The Labute approximate surface area is 120 Å². The third kappa shape index (κ3) is 4.17. The fourth-order valence-electron chi connectivity index (χ4n) is 1.93. The third-order valence-electron chi connectivity index (χ3n) is 2.84. The van der Waals surface area contributed by atoms with E-state index in [4.69, 9.17) is 11.6 Å². The second kappa shape index (κ2) is 6.18. The average molecular weight is 300 g/mol. The zero-order valence-electron chi connectivity index (χ0n) is 10.5. The van der Waals surface area contributed by atoms with E-state index >= 15 is 0 Å². The maximum Gasteiger partial charge on any atom is 0.391 e. The van der Waals surface area contributed by atoms with E-state index in [2.05, 4.69) is 5.32 Å². The second-order valence-corrected chi connectivity index (χ2v) is 4.81. The van der Waals surface area contributed by atoms with E-state index in [1.165, 1.54) is 0 Å². The highest BCUT2D eigenvalue weighted by Gasteiger charge is 2.32. The summed E-state index contributed by atoms with van der Waals surface area (Å²) < 4.78 is 38.2. The summed E-state index contributed by atoms with van der Waals surface area (Å²) in [6, 6.07) is 14.4. The minimum absolute atomic E-state index is 0.399. The number of rotatable bonds is 4. The van der Waals surface area contributed by atoms with Crippen molar-refractivity contribution in [1.82, 2.24) is 0 Å². The molecule has 0 aliphatic heterocycles. The lowest BCUT2D eigenvalue weighted by atomic mass is 10.0. The molecule has 1 atom stereocenters. The van der Waals surface area contributed by atoms with Crippen LogP contribution in [0.25, 0.3) is 0 Å². The maximum absolute atomic E-state index is 12.7. The summed E-state index contributed by atoms with van der Waals surface area (Å²) in [6.07, 6.45) is -5.21. The summed E-state index contributed by atoms with van der Waals surface area (Å²) in [4.78, 5) is 0. The van der Waals surface area contributed by atoms with Gasteiger partial charge in [-0.3, -0.25) is 0 Å². The Balaban J connectivity index is 2.26. The third-order valence-corrected chi connectivity index (χ3v) is 3.17. The van der Waals surface area contributed by atoms with Gasteiger partial charge in [-0.2, -0.15) is 13.2 Å². The molecule has 1 nitrogen and oxygen atoms in total. The quantitative estimate of drug-likeness (QED) is 0.792. The first-order valence-corrected chi connectivity index (χ1v) is 6.46. The van der Waals surface area contributed by atoms with Crippen LogP contribution in [-0.4, -0.2) is 6.18 Å². The first kappa shape index (κ1) is 14.7. The zero-order valence-corrected chi connectivity index (χ0v) is 11.2. The van der Waals surface area contributed by atoms with E-state index in [-0.39, 0.29) is 0 Å². The van der Waals surface area contributed by atoms with E-state index in [9.17, 15) is 13.2 Å². The highest BCUT2D eigenvalue weighted by molar-refractivity contribution is 6.33. The summed E-state index contributed by atoms with van der Waals surface area (Å²) >= 11 is 5.98. The van der Waals surface area contributed by atoms with Crippen molar-refractivity contribution < 1.29 is 13.2 Å². The Bertz CT molecular complexity index is 555. The highest BCUT2D eigenvalue weighted by atomic mass is 35.5. The molecule has 2 aromatic carbocycles. The lowest BCUT2D eigenvalue weighted by Gasteiger charge is -2.22. The molecule has 2 rings (SSSR count). The number of benzene rings is 2. The number of hydrogen-bond donors (Lipinski definition) is 1. The van der Waals surface area contributed by atoms with Crippen LogP contribution >= 0.6 is 11.6 Å². The van der Waals surface area contributed by atoms with Crippen molar-refractivity contribution in [1.29, 1.82) is 0 Å². The topological polar surface area (TPSA) is 12.0 Å². The van der Waals surface area contributed by atoms with Gasteiger partial charge in [0.25, 0.3) is 0 Å². The molecule has 0 aliphatic carbocycles. The van der Waals surface area contributed by atoms with Gasteiger partial charge in [-0.1, -0.05) is 54.1 Å². The molecule has 0 bridgehead atoms. The summed E-state index contributed by atoms with van der Waals surface area (Å²) in [7, 11) is 0. The molecule has 0 fully saturated rings. The molecule has 20 heavy (non-hydrogen) atoms. The number of alkyl halides is 3. The van der Waals surface area contributed by atoms with Crippen LogP contribution < -0.4 is 5.32 Å². The van der Waals surface area contributed by atoms with Gasteiger partial charge in [-0.05, 0) is 17.7 Å².